The van der Waals surface area contributed by atoms with Gasteiger partial charge in [0.1, 0.15) is 6.33 Å². The van der Waals surface area contributed by atoms with E-state index in [1.54, 1.807) is 32.0 Å². The quantitative estimate of drug-likeness (QED) is 0.627. The number of halogens is 2. The standard InChI is InChI=1S/C19H20Cl2N4O2S/c1-11-7-12(2)14(4)18(13(11)3)28(26,27)24-19-22-10-25(23-19)9-15-5-6-16(20)8-17(15)21/h5-8,10H,9H2,1-4H3,(H,23,24). The summed E-state index contributed by atoms with van der Waals surface area (Å²) in [7, 11) is -3.82. The van der Waals surface area contributed by atoms with E-state index in [4.69, 9.17) is 23.2 Å². The molecule has 2 aromatic carbocycles. The van der Waals surface area contributed by atoms with E-state index in [1.807, 2.05) is 19.9 Å². The van der Waals surface area contributed by atoms with E-state index in [-0.39, 0.29) is 10.8 Å². The van der Waals surface area contributed by atoms with Crippen molar-refractivity contribution in [3.8, 4) is 0 Å². The number of benzene rings is 2. The first kappa shape index (κ1) is 20.6. The molecule has 0 amide bonds. The number of hydrogen-bond donors (Lipinski definition) is 1. The minimum absolute atomic E-state index is 0.00282. The number of aromatic nitrogens is 3. The molecule has 9 heteroatoms. The number of hydrogen-bond acceptors (Lipinski definition) is 4. The van der Waals surface area contributed by atoms with Gasteiger partial charge < -0.3 is 0 Å². The summed E-state index contributed by atoms with van der Waals surface area (Å²) in [5.41, 5.74) is 4.05. The second-order valence-electron chi connectivity index (χ2n) is 6.70. The van der Waals surface area contributed by atoms with Crippen molar-refractivity contribution >= 4 is 39.2 Å². The summed E-state index contributed by atoms with van der Waals surface area (Å²) in [5.74, 6) is 0.00282. The molecule has 0 spiro atoms. The Labute approximate surface area is 174 Å². The predicted molar refractivity (Wildman–Crippen MR) is 112 cm³/mol. The highest BCUT2D eigenvalue weighted by atomic mass is 35.5. The lowest BCUT2D eigenvalue weighted by Crippen LogP contribution is -2.18. The Kier molecular flexibility index (Phi) is 5.70. The summed E-state index contributed by atoms with van der Waals surface area (Å²) >= 11 is 12.1. The van der Waals surface area contributed by atoms with Crippen molar-refractivity contribution in [1.82, 2.24) is 14.8 Å². The maximum absolute atomic E-state index is 13.0. The molecule has 0 aliphatic heterocycles. The molecule has 0 aliphatic rings. The lowest BCUT2D eigenvalue weighted by Gasteiger charge is -2.15. The molecule has 0 radical (unpaired) electrons. The van der Waals surface area contributed by atoms with Crippen LogP contribution in [0.2, 0.25) is 10.0 Å². The molecule has 0 fully saturated rings. The van der Waals surface area contributed by atoms with Gasteiger partial charge in [-0.1, -0.05) is 35.3 Å². The van der Waals surface area contributed by atoms with Crippen LogP contribution >= 0.6 is 23.2 Å². The molecule has 0 saturated heterocycles. The van der Waals surface area contributed by atoms with Crippen molar-refractivity contribution in [2.75, 3.05) is 4.72 Å². The molecule has 0 aliphatic carbocycles. The summed E-state index contributed by atoms with van der Waals surface area (Å²) in [6.07, 6.45) is 1.45. The number of rotatable bonds is 5. The molecule has 1 heterocycles. The van der Waals surface area contributed by atoms with Crippen molar-refractivity contribution in [2.24, 2.45) is 0 Å². The molecule has 0 bridgehead atoms. The highest BCUT2D eigenvalue weighted by Gasteiger charge is 2.23. The molecule has 28 heavy (non-hydrogen) atoms. The molecular formula is C19H20Cl2N4O2S. The fourth-order valence-electron chi connectivity index (χ4n) is 3.00. The van der Waals surface area contributed by atoms with Crippen LogP contribution in [0.25, 0.3) is 0 Å². The summed E-state index contributed by atoms with van der Waals surface area (Å²) in [5, 5.41) is 5.26. The third kappa shape index (κ3) is 4.16. The van der Waals surface area contributed by atoms with Crippen LogP contribution in [0.3, 0.4) is 0 Å². The van der Waals surface area contributed by atoms with Crippen LogP contribution < -0.4 is 4.72 Å². The first-order valence-corrected chi connectivity index (χ1v) is 10.8. The number of nitrogens with one attached hydrogen (secondary N) is 1. The normalized spacial score (nSPS) is 11.6. The summed E-state index contributed by atoms with van der Waals surface area (Å²) in [6, 6.07) is 7.14. The van der Waals surface area contributed by atoms with Crippen molar-refractivity contribution in [3.63, 3.8) is 0 Å². The maximum Gasteiger partial charge on any atom is 0.264 e. The summed E-state index contributed by atoms with van der Waals surface area (Å²) in [6.45, 7) is 7.72. The molecule has 148 valence electrons. The molecule has 0 saturated carbocycles. The second kappa shape index (κ2) is 7.73. The minimum atomic E-state index is -3.82. The number of anilines is 1. The summed E-state index contributed by atoms with van der Waals surface area (Å²) < 4.78 is 29.9. The van der Waals surface area contributed by atoms with E-state index < -0.39 is 10.0 Å². The molecule has 3 rings (SSSR count). The molecule has 0 atom stereocenters. The second-order valence-corrected chi connectivity index (χ2v) is 9.16. The average Bonchev–Trinajstić information content (AvgIpc) is 3.02. The zero-order valence-electron chi connectivity index (χ0n) is 15.9. The van der Waals surface area contributed by atoms with Crippen molar-refractivity contribution in [1.29, 1.82) is 0 Å². The largest absolute Gasteiger partial charge is 0.264 e. The number of aryl methyl sites for hydroxylation is 2. The third-order valence-electron chi connectivity index (χ3n) is 4.68. The van der Waals surface area contributed by atoms with Gasteiger partial charge in [-0.05, 0) is 67.6 Å². The lowest BCUT2D eigenvalue weighted by molar-refractivity contribution is 0.599. The predicted octanol–water partition coefficient (Wildman–Crippen LogP) is 4.67. The van der Waals surface area contributed by atoms with Crippen LogP contribution in [-0.4, -0.2) is 23.2 Å². The van der Waals surface area contributed by atoms with Crippen LogP contribution in [-0.2, 0) is 16.6 Å². The Morgan fingerprint density at radius 3 is 2.29 bits per heavy atom. The maximum atomic E-state index is 13.0. The van der Waals surface area contributed by atoms with E-state index in [1.165, 1.54) is 11.0 Å². The Bertz CT molecular complexity index is 1130. The van der Waals surface area contributed by atoms with Crippen molar-refractivity contribution < 1.29 is 8.42 Å². The van der Waals surface area contributed by atoms with E-state index in [2.05, 4.69) is 14.8 Å². The fraction of sp³-hybridized carbons (Fsp3) is 0.263. The SMILES string of the molecule is Cc1cc(C)c(C)c(S(=O)(=O)Nc2ncn(Cc3ccc(Cl)cc3Cl)n2)c1C. The van der Waals surface area contributed by atoms with Gasteiger partial charge in [0.15, 0.2) is 0 Å². The molecular weight excluding hydrogens is 419 g/mol. The average molecular weight is 439 g/mol. The van der Waals surface area contributed by atoms with Gasteiger partial charge in [0.25, 0.3) is 16.0 Å². The first-order chi connectivity index (χ1) is 13.1. The van der Waals surface area contributed by atoms with Gasteiger partial charge in [-0.2, -0.15) is 4.98 Å². The third-order valence-corrected chi connectivity index (χ3v) is 6.86. The van der Waals surface area contributed by atoms with E-state index in [0.29, 0.717) is 27.7 Å². The Hall–Kier alpha value is -2.09. The fourth-order valence-corrected chi connectivity index (χ4v) is 5.03. The van der Waals surface area contributed by atoms with Gasteiger partial charge >= 0.3 is 0 Å². The van der Waals surface area contributed by atoms with Crippen LogP contribution in [0.15, 0.2) is 35.5 Å². The van der Waals surface area contributed by atoms with Gasteiger partial charge in [0.05, 0.1) is 11.4 Å². The number of sulfonamides is 1. The van der Waals surface area contributed by atoms with Crippen molar-refractivity contribution in [3.05, 3.63) is 68.5 Å². The van der Waals surface area contributed by atoms with Gasteiger partial charge in [-0.25, -0.2) is 17.8 Å². The zero-order chi connectivity index (χ0) is 20.6. The van der Waals surface area contributed by atoms with Gasteiger partial charge in [-0.3, -0.25) is 0 Å². The highest BCUT2D eigenvalue weighted by molar-refractivity contribution is 7.92. The van der Waals surface area contributed by atoms with Crippen LogP contribution in [0.4, 0.5) is 5.95 Å². The molecule has 3 aromatic rings. The van der Waals surface area contributed by atoms with Crippen LogP contribution in [0, 0.1) is 27.7 Å². The Morgan fingerprint density at radius 2 is 1.68 bits per heavy atom. The topological polar surface area (TPSA) is 76.9 Å². The smallest absolute Gasteiger partial charge is 0.246 e. The van der Waals surface area contributed by atoms with Crippen LogP contribution in [0.5, 0.6) is 0 Å². The van der Waals surface area contributed by atoms with E-state index >= 15 is 0 Å². The molecule has 1 N–H and O–H groups in total. The van der Waals surface area contributed by atoms with E-state index in [0.717, 1.165) is 16.7 Å². The first-order valence-electron chi connectivity index (χ1n) is 8.52. The zero-order valence-corrected chi connectivity index (χ0v) is 18.2. The van der Waals surface area contributed by atoms with E-state index in [9.17, 15) is 8.42 Å². The van der Waals surface area contributed by atoms with Gasteiger partial charge in [-0.15, -0.1) is 5.10 Å². The number of nitrogens with zero attached hydrogens (tertiary/aromatic N) is 3. The van der Waals surface area contributed by atoms with Gasteiger partial charge in [0.2, 0.25) is 0 Å². The lowest BCUT2D eigenvalue weighted by atomic mass is 10.0. The minimum Gasteiger partial charge on any atom is -0.246 e. The van der Waals surface area contributed by atoms with Crippen LogP contribution in [0.1, 0.15) is 27.8 Å². The highest BCUT2D eigenvalue weighted by Crippen LogP contribution is 2.27. The molecule has 1 aromatic heterocycles. The van der Waals surface area contributed by atoms with Gasteiger partial charge in [0, 0.05) is 10.0 Å². The Balaban J connectivity index is 1.87. The molecule has 6 nitrogen and oxygen atoms in total. The van der Waals surface area contributed by atoms with Crippen molar-refractivity contribution in [2.45, 2.75) is 39.1 Å². The molecule has 0 unspecified atom stereocenters. The Morgan fingerprint density at radius 1 is 1.04 bits per heavy atom. The summed E-state index contributed by atoms with van der Waals surface area (Å²) in [4.78, 5) is 4.33. The monoisotopic (exact) mass is 438 g/mol.